The molecule has 9 rings (SSSR count). The lowest BCUT2D eigenvalue weighted by Gasteiger charge is -2.26. The largest absolute Gasteiger partial charge is 0.455 e. The van der Waals surface area contributed by atoms with Gasteiger partial charge in [-0.3, -0.25) is 0 Å². The number of hydrogen-bond acceptors (Lipinski definition) is 2. The maximum absolute atomic E-state index is 6.67. The SMILES string of the molecule is c1ccc(-c2ccc(N(c3ccc(-c4cccc5ccccc45)cc3)c3ccc4c(c3)oc3c(-c5ccccc5)cccc34)cc2)cc1. The first kappa shape index (κ1) is 27.9. The van der Waals surface area contributed by atoms with Crippen LogP contribution in [0.25, 0.3) is 66.1 Å². The number of anilines is 3. The summed E-state index contributed by atoms with van der Waals surface area (Å²) in [4.78, 5) is 2.31. The first-order valence-corrected chi connectivity index (χ1v) is 16.3. The van der Waals surface area contributed by atoms with Crippen LogP contribution in [-0.4, -0.2) is 0 Å². The highest BCUT2D eigenvalue weighted by Crippen LogP contribution is 2.41. The molecule has 0 unspecified atom stereocenters. The molecule has 1 aromatic heterocycles. The minimum absolute atomic E-state index is 0.865. The van der Waals surface area contributed by atoms with Crippen LogP contribution < -0.4 is 4.90 Å². The summed E-state index contributed by atoms with van der Waals surface area (Å²) in [6.45, 7) is 0. The molecule has 8 aromatic carbocycles. The van der Waals surface area contributed by atoms with E-state index in [0.717, 1.165) is 50.1 Å². The van der Waals surface area contributed by atoms with Crippen LogP contribution in [0.5, 0.6) is 0 Å². The van der Waals surface area contributed by atoms with Gasteiger partial charge < -0.3 is 9.32 Å². The molecule has 0 bridgehead atoms. The molecule has 0 spiro atoms. The second-order valence-corrected chi connectivity index (χ2v) is 12.2. The first-order chi connectivity index (χ1) is 23.8. The Morgan fingerprint density at radius 2 is 0.854 bits per heavy atom. The highest BCUT2D eigenvalue weighted by molar-refractivity contribution is 6.10. The molecule has 0 atom stereocenters. The molecule has 226 valence electrons. The summed E-state index contributed by atoms with van der Waals surface area (Å²) in [7, 11) is 0. The molecular formula is C46H31NO. The highest BCUT2D eigenvalue weighted by Gasteiger charge is 2.18. The van der Waals surface area contributed by atoms with Crippen LogP contribution in [0.2, 0.25) is 0 Å². The molecule has 2 nitrogen and oxygen atoms in total. The molecular weight excluding hydrogens is 583 g/mol. The third-order valence-electron chi connectivity index (χ3n) is 9.28. The summed E-state index contributed by atoms with van der Waals surface area (Å²) < 4.78 is 6.67. The number of hydrogen-bond donors (Lipinski definition) is 0. The second-order valence-electron chi connectivity index (χ2n) is 12.2. The van der Waals surface area contributed by atoms with Gasteiger partial charge in [0.25, 0.3) is 0 Å². The van der Waals surface area contributed by atoms with Gasteiger partial charge in [-0.1, -0.05) is 146 Å². The molecule has 1 heterocycles. The lowest BCUT2D eigenvalue weighted by molar-refractivity contribution is 0.670. The van der Waals surface area contributed by atoms with Crippen LogP contribution >= 0.6 is 0 Å². The van der Waals surface area contributed by atoms with E-state index in [1.165, 1.54) is 33.0 Å². The van der Waals surface area contributed by atoms with Gasteiger partial charge in [-0.2, -0.15) is 0 Å². The summed E-state index contributed by atoms with van der Waals surface area (Å²) in [5.41, 5.74) is 12.0. The lowest BCUT2D eigenvalue weighted by Crippen LogP contribution is -2.09. The van der Waals surface area contributed by atoms with Crippen LogP contribution in [0.3, 0.4) is 0 Å². The predicted octanol–water partition coefficient (Wildman–Crippen LogP) is 13.2. The molecule has 0 N–H and O–H groups in total. The Kier molecular flexibility index (Phi) is 6.84. The van der Waals surface area contributed by atoms with Gasteiger partial charge in [-0.25, -0.2) is 0 Å². The van der Waals surface area contributed by atoms with Crippen molar-refractivity contribution in [1.29, 1.82) is 0 Å². The molecule has 2 heteroatoms. The van der Waals surface area contributed by atoms with Crippen molar-refractivity contribution >= 4 is 49.8 Å². The van der Waals surface area contributed by atoms with Gasteiger partial charge in [0.15, 0.2) is 0 Å². The van der Waals surface area contributed by atoms with Crippen LogP contribution in [0, 0.1) is 0 Å². The number of furan rings is 1. The second kappa shape index (κ2) is 11.8. The summed E-state index contributed by atoms with van der Waals surface area (Å²) >= 11 is 0. The maximum atomic E-state index is 6.67. The van der Waals surface area contributed by atoms with Crippen molar-refractivity contribution in [3.63, 3.8) is 0 Å². The van der Waals surface area contributed by atoms with E-state index in [9.17, 15) is 0 Å². The van der Waals surface area contributed by atoms with E-state index < -0.39 is 0 Å². The van der Waals surface area contributed by atoms with Gasteiger partial charge in [0.2, 0.25) is 0 Å². The zero-order valence-corrected chi connectivity index (χ0v) is 26.3. The Morgan fingerprint density at radius 3 is 1.60 bits per heavy atom. The molecule has 0 aliphatic rings. The van der Waals surface area contributed by atoms with E-state index >= 15 is 0 Å². The standard InChI is InChI=1S/C46H31NO/c1-3-11-32(12-4-1)33-21-25-37(26-22-33)47(38-27-23-36(24-28-38)41-18-9-16-34-15-7-8-17-40(34)41)39-29-30-43-44-20-10-19-42(35-13-5-2-6-14-35)46(44)48-45(43)31-39/h1-31H. The van der Waals surface area contributed by atoms with Crippen molar-refractivity contribution in [1.82, 2.24) is 0 Å². The van der Waals surface area contributed by atoms with E-state index in [0.29, 0.717) is 0 Å². The monoisotopic (exact) mass is 613 g/mol. The fraction of sp³-hybridized carbons (Fsp3) is 0. The Balaban J connectivity index is 1.17. The van der Waals surface area contributed by atoms with Gasteiger partial charge in [0, 0.05) is 39.5 Å². The average Bonchev–Trinajstić information content (AvgIpc) is 3.54. The average molecular weight is 614 g/mol. The highest BCUT2D eigenvalue weighted by atomic mass is 16.3. The molecule has 0 amide bonds. The minimum Gasteiger partial charge on any atom is -0.455 e. The van der Waals surface area contributed by atoms with Crippen molar-refractivity contribution in [2.45, 2.75) is 0 Å². The van der Waals surface area contributed by atoms with Gasteiger partial charge in [0.05, 0.1) is 0 Å². The van der Waals surface area contributed by atoms with Gasteiger partial charge >= 0.3 is 0 Å². The molecule has 48 heavy (non-hydrogen) atoms. The zero-order chi connectivity index (χ0) is 31.9. The predicted molar refractivity (Wildman–Crippen MR) is 202 cm³/mol. The van der Waals surface area contributed by atoms with E-state index in [-0.39, 0.29) is 0 Å². The Hall–Kier alpha value is -6.38. The van der Waals surface area contributed by atoms with Gasteiger partial charge in [-0.15, -0.1) is 0 Å². The Morgan fingerprint density at radius 1 is 0.333 bits per heavy atom. The zero-order valence-electron chi connectivity index (χ0n) is 26.3. The molecule has 0 saturated carbocycles. The molecule has 0 aliphatic carbocycles. The van der Waals surface area contributed by atoms with Crippen molar-refractivity contribution < 1.29 is 4.42 Å². The number of para-hydroxylation sites is 1. The normalized spacial score (nSPS) is 11.3. The maximum Gasteiger partial charge on any atom is 0.143 e. The van der Waals surface area contributed by atoms with Crippen molar-refractivity contribution in [3.05, 3.63) is 188 Å². The lowest BCUT2D eigenvalue weighted by atomic mass is 9.98. The van der Waals surface area contributed by atoms with Crippen molar-refractivity contribution in [2.24, 2.45) is 0 Å². The van der Waals surface area contributed by atoms with Crippen LogP contribution in [0.4, 0.5) is 17.1 Å². The van der Waals surface area contributed by atoms with Crippen molar-refractivity contribution in [3.8, 4) is 33.4 Å². The Bertz CT molecular complexity index is 2530. The number of nitrogens with zero attached hydrogens (tertiary/aromatic N) is 1. The quantitative estimate of drug-likeness (QED) is 0.185. The summed E-state index contributed by atoms with van der Waals surface area (Å²) in [5, 5.41) is 4.73. The van der Waals surface area contributed by atoms with Crippen LogP contribution in [0.1, 0.15) is 0 Å². The molecule has 0 radical (unpaired) electrons. The molecule has 0 aliphatic heterocycles. The summed E-state index contributed by atoms with van der Waals surface area (Å²) in [6.07, 6.45) is 0. The van der Waals surface area contributed by atoms with Gasteiger partial charge in [0.1, 0.15) is 11.2 Å². The smallest absolute Gasteiger partial charge is 0.143 e. The Labute approximate surface area is 279 Å². The molecule has 9 aromatic rings. The van der Waals surface area contributed by atoms with E-state index in [1.54, 1.807) is 0 Å². The topological polar surface area (TPSA) is 16.4 Å². The van der Waals surface area contributed by atoms with Crippen molar-refractivity contribution in [2.75, 3.05) is 4.90 Å². The number of benzene rings is 8. The van der Waals surface area contributed by atoms with Crippen LogP contribution in [0.15, 0.2) is 192 Å². The van der Waals surface area contributed by atoms with E-state index in [1.807, 2.05) is 6.07 Å². The minimum atomic E-state index is 0.865. The molecule has 0 saturated heterocycles. The number of rotatable bonds is 6. The third kappa shape index (κ3) is 4.92. The molecule has 0 fully saturated rings. The van der Waals surface area contributed by atoms with Gasteiger partial charge in [-0.05, 0) is 75.0 Å². The fourth-order valence-electron chi connectivity index (χ4n) is 6.92. The first-order valence-electron chi connectivity index (χ1n) is 16.3. The third-order valence-corrected chi connectivity index (χ3v) is 9.28. The van der Waals surface area contributed by atoms with E-state index in [4.69, 9.17) is 4.42 Å². The van der Waals surface area contributed by atoms with Crippen LogP contribution in [-0.2, 0) is 0 Å². The number of fused-ring (bicyclic) bond motifs is 4. The summed E-state index contributed by atoms with van der Waals surface area (Å²) in [5.74, 6) is 0. The fourth-order valence-corrected chi connectivity index (χ4v) is 6.92. The summed E-state index contributed by atoms with van der Waals surface area (Å²) in [6, 6.07) is 66.8. The van der Waals surface area contributed by atoms with E-state index in [2.05, 4.69) is 187 Å².